The number of benzene rings is 1. The second-order valence-corrected chi connectivity index (χ2v) is 5.93. The molecule has 26 heavy (non-hydrogen) atoms. The molecular formula is C16H18N8O2. The van der Waals surface area contributed by atoms with Crippen molar-refractivity contribution in [1.82, 2.24) is 30.7 Å². The van der Waals surface area contributed by atoms with Crippen LogP contribution in [0.1, 0.15) is 47.1 Å². The molecule has 0 spiro atoms. The molecule has 134 valence electrons. The number of rotatable bonds is 5. The lowest BCUT2D eigenvalue weighted by molar-refractivity contribution is 0.0949. The molecule has 0 unspecified atom stereocenters. The van der Waals surface area contributed by atoms with Crippen molar-refractivity contribution in [2.24, 2.45) is 5.10 Å². The molecule has 3 aromatic rings. The Morgan fingerprint density at radius 1 is 1.31 bits per heavy atom. The molecule has 0 fully saturated rings. The third-order valence-corrected chi connectivity index (χ3v) is 3.79. The lowest BCUT2D eigenvalue weighted by atomic mass is 10.0. The number of carbonyl (C=O) groups is 1. The second-order valence-electron chi connectivity index (χ2n) is 5.93. The zero-order valence-electron chi connectivity index (χ0n) is 14.5. The van der Waals surface area contributed by atoms with Crippen molar-refractivity contribution in [3.8, 4) is 5.82 Å². The van der Waals surface area contributed by atoms with Crippen LogP contribution in [-0.4, -0.2) is 37.4 Å². The third kappa shape index (κ3) is 3.43. The number of nitrogens with one attached hydrogen (secondary N) is 1. The number of aromatic nitrogens is 5. The number of hydrogen-bond donors (Lipinski definition) is 2. The normalized spacial score (nSPS) is 11.4. The highest BCUT2D eigenvalue weighted by molar-refractivity contribution is 5.94. The molecule has 0 aliphatic carbocycles. The maximum absolute atomic E-state index is 12.2. The summed E-state index contributed by atoms with van der Waals surface area (Å²) in [6, 6.07) is 7.93. The van der Waals surface area contributed by atoms with Crippen LogP contribution in [0.3, 0.4) is 0 Å². The molecule has 0 atom stereocenters. The van der Waals surface area contributed by atoms with E-state index in [9.17, 15) is 4.79 Å². The SMILES string of the molecule is Cc1c(C(=O)N/N=C/c2ccc(C(C)C)cc2)nnn1-c1nonc1N. The van der Waals surface area contributed by atoms with Gasteiger partial charge in [0.05, 0.1) is 11.9 Å². The first-order valence-corrected chi connectivity index (χ1v) is 7.91. The van der Waals surface area contributed by atoms with E-state index in [2.05, 4.69) is 49.6 Å². The van der Waals surface area contributed by atoms with E-state index in [0.717, 1.165) is 5.56 Å². The molecule has 0 bridgehead atoms. The van der Waals surface area contributed by atoms with Crippen molar-refractivity contribution in [2.75, 3.05) is 5.73 Å². The lowest BCUT2D eigenvalue weighted by Gasteiger charge is -2.04. The van der Waals surface area contributed by atoms with E-state index < -0.39 is 5.91 Å². The Balaban J connectivity index is 1.69. The quantitative estimate of drug-likeness (QED) is 0.522. The van der Waals surface area contributed by atoms with Gasteiger partial charge in [0.15, 0.2) is 5.69 Å². The average molecular weight is 354 g/mol. The zero-order valence-corrected chi connectivity index (χ0v) is 14.5. The number of nitrogens with zero attached hydrogens (tertiary/aromatic N) is 6. The van der Waals surface area contributed by atoms with Gasteiger partial charge in [-0.1, -0.05) is 43.3 Å². The summed E-state index contributed by atoms with van der Waals surface area (Å²) in [6.45, 7) is 5.90. The standard InChI is InChI=1S/C16H18N8O2/c1-9(2)12-6-4-11(5-7-12)8-18-20-16(25)13-10(3)24(23-19-13)15-14(17)21-26-22-15/h4-9H,1-3H3,(H2,17,21)(H,20,25)/b18-8+. The summed E-state index contributed by atoms with van der Waals surface area (Å²) < 4.78 is 5.80. The Bertz CT molecular complexity index is 940. The van der Waals surface area contributed by atoms with Crippen LogP contribution in [0, 0.1) is 6.92 Å². The molecule has 1 aromatic carbocycles. The van der Waals surface area contributed by atoms with Gasteiger partial charge in [-0.25, -0.2) is 10.1 Å². The van der Waals surface area contributed by atoms with Crippen molar-refractivity contribution >= 4 is 17.9 Å². The van der Waals surface area contributed by atoms with E-state index >= 15 is 0 Å². The molecule has 1 amide bonds. The molecule has 0 saturated carbocycles. The first-order chi connectivity index (χ1) is 12.5. The van der Waals surface area contributed by atoms with Crippen LogP contribution in [0.5, 0.6) is 0 Å². The Hall–Kier alpha value is -3.56. The largest absolute Gasteiger partial charge is 0.378 e. The van der Waals surface area contributed by atoms with Gasteiger partial charge in [0.25, 0.3) is 5.91 Å². The predicted octanol–water partition coefficient (Wildman–Crippen LogP) is 1.43. The molecule has 0 radical (unpaired) electrons. The second kappa shape index (κ2) is 7.13. The van der Waals surface area contributed by atoms with E-state index in [-0.39, 0.29) is 17.3 Å². The number of anilines is 1. The Morgan fingerprint density at radius 2 is 2.04 bits per heavy atom. The number of nitrogen functional groups attached to an aromatic ring is 1. The molecular weight excluding hydrogens is 336 g/mol. The van der Waals surface area contributed by atoms with E-state index in [1.165, 1.54) is 10.2 Å². The van der Waals surface area contributed by atoms with Crippen molar-refractivity contribution in [3.05, 3.63) is 46.8 Å². The Kier molecular flexibility index (Phi) is 4.74. The average Bonchev–Trinajstić information content (AvgIpc) is 3.20. The van der Waals surface area contributed by atoms with Crippen LogP contribution in [0.25, 0.3) is 5.82 Å². The first kappa shape index (κ1) is 17.3. The van der Waals surface area contributed by atoms with Crippen LogP contribution in [0.2, 0.25) is 0 Å². The summed E-state index contributed by atoms with van der Waals surface area (Å²) in [7, 11) is 0. The summed E-state index contributed by atoms with van der Waals surface area (Å²) in [5.41, 5.74) is 10.7. The molecule has 10 heteroatoms. The summed E-state index contributed by atoms with van der Waals surface area (Å²) in [4.78, 5) is 12.2. The van der Waals surface area contributed by atoms with Gasteiger partial charge < -0.3 is 5.73 Å². The minimum atomic E-state index is -0.501. The van der Waals surface area contributed by atoms with Gasteiger partial charge in [0, 0.05) is 0 Å². The minimum absolute atomic E-state index is 0.0489. The Labute approximate surface area is 149 Å². The maximum atomic E-state index is 12.2. The van der Waals surface area contributed by atoms with Gasteiger partial charge in [-0.3, -0.25) is 4.79 Å². The van der Waals surface area contributed by atoms with Gasteiger partial charge in [0.2, 0.25) is 11.6 Å². The topological polar surface area (TPSA) is 137 Å². The first-order valence-electron chi connectivity index (χ1n) is 7.91. The summed E-state index contributed by atoms with van der Waals surface area (Å²) in [6.07, 6.45) is 1.56. The number of carbonyl (C=O) groups excluding carboxylic acids is 1. The van der Waals surface area contributed by atoms with Gasteiger partial charge >= 0.3 is 0 Å². The number of hydrazone groups is 1. The molecule has 0 aliphatic heterocycles. The zero-order chi connectivity index (χ0) is 18.7. The predicted molar refractivity (Wildman–Crippen MR) is 94.0 cm³/mol. The summed E-state index contributed by atoms with van der Waals surface area (Å²) >= 11 is 0. The number of hydrogen-bond acceptors (Lipinski definition) is 8. The molecule has 10 nitrogen and oxygen atoms in total. The van der Waals surface area contributed by atoms with E-state index in [1.807, 2.05) is 24.3 Å². The lowest BCUT2D eigenvalue weighted by Crippen LogP contribution is -2.19. The van der Waals surface area contributed by atoms with Crippen LogP contribution in [0.15, 0.2) is 34.0 Å². The van der Waals surface area contributed by atoms with Crippen molar-refractivity contribution in [3.63, 3.8) is 0 Å². The monoisotopic (exact) mass is 354 g/mol. The van der Waals surface area contributed by atoms with Gasteiger partial charge in [0.1, 0.15) is 0 Å². The number of amides is 1. The molecule has 3 rings (SSSR count). The van der Waals surface area contributed by atoms with Gasteiger partial charge in [-0.05, 0) is 34.3 Å². The molecule has 3 N–H and O–H groups in total. The van der Waals surface area contributed by atoms with Crippen LogP contribution in [0.4, 0.5) is 5.82 Å². The smallest absolute Gasteiger partial charge is 0.293 e. The van der Waals surface area contributed by atoms with Crippen molar-refractivity contribution in [1.29, 1.82) is 0 Å². The highest BCUT2D eigenvalue weighted by atomic mass is 16.6. The highest BCUT2D eigenvalue weighted by Gasteiger charge is 2.20. The molecule has 0 aliphatic rings. The van der Waals surface area contributed by atoms with Crippen LogP contribution < -0.4 is 11.2 Å². The fourth-order valence-electron chi connectivity index (χ4n) is 2.26. The van der Waals surface area contributed by atoms with Gasteiger partial charge in [-0.2, -0.15) is 9.78 Å². The third-order valence-electron chi connectivity index (χ3n) is 3.79. The van der Waals surface area contributed by atoms with Crippen LogP contribution >= 0.6 is 0 Å². The van der Waals surface area contributed by atoms with E-state index in [0.29, 0.717) is 11.6 Å². The molecule has 2 aromatic heterocycles. The Morgan fingerprint density at radius 3 is 2.65 bits per heavy atom. The molecule has 2 heterocycles. The molecule has 0 saturated heterocycles. The van der Waals surface area contributed by atoms with Crippen molar-refractivity contribution in [2.45, 2.75) is 26.7 Å². The summed E-state index contributed by atoms with van der Waals surface area (Å²) in [5.74, 6) is 0.176. The van der Waals surface area contributed by atoms with Crippen LogP contribution in [-0.2, 0) is 0 Å². The fourth-order valence-corrected chi connectivity index (χ4v) is 2.26. The fraction of sp³-hybridized carbons (Fsp3) is 0.250. The van der Waals surface area contributed by atoms with Crippen molar-refractivity contribution < 1.29 is 9.42 Å². The minimum Gasteiger partial charge on any atom is -0.378 e. The van der Waals surface area contributed by atoms with Gasteiger partial charge in [-0.15, -0.1) is 5.10 Å². The highest BCUT2D eigenvalue weighted by Crippen LogP contribution is 2.15. The number of nitrogens with two attached hydrogens (primary N) is 1. The van der Waals surface area contributed by atoms with E-state index in [4.69, 9.17) is 5.73 Å². The summed E-state index contributed by atoms with van der Waals surface area (Å²) in [5, 5.41) is 18.7. The maximum Gasteiger partial charge on any atom is 0.293 e. The van der Waals surface area contributed by atoms with E-state index in [1.54, 1.807) is 13.1 Å².